The first-order valence-corrected chi connectivity index (χ1v) is 16.4. The molecular formula is C42H36Cl2N2Ti. The van der Waals surface area contributed by atoms with E-state index in [1.165, 1.54) is 117 Å². The van der Waals surface area contributed by atoms with E-state index in [9.17, 15) is 0 Å². The van der Waals surface area contributed by atoms with Gasteiger partial charge in [-0.15, -0.1) is 82.2 Å². The van der Waals surface area contributed by atoms with Crippen LogP contribution in [0.2, 0.25) is 0 Å². The van der Waals surface area contributed by atoms with E-state index in [4.69, 9.17) is 0 Å². The molecule has 5 heteroatoms. The summed E-state index contributed by atoms with van der Waals surface area (Å²) in [7, 11) is 0. The van der Waals surface area contributed by atoms with E-state index >= 15 is 0 Å². The molecule has 0 amide bonds. The summed E-state index contributed by atoms with van der Waals surface area (Å²) in [4.78, 5) is 0. The molecule has 2 aromatic heterocycles. The first-order chi connectivity index (χ1) is 21.8. The summed E-state index contributed by atoms with van der Waals surface area (Å²) in [5.41, 5.74) is 11.6. The number of fused-ring (bicyclic) bond motifs is 8. The molecule has 2 aliphatic carbocycles. The summed E-state index contributed by atoms with van der Waals surface area (Å²) >= 11 is 0. The van der Waals surface area contributed by atoms with E-state index in [2.05, 4.69) is 130 Å². The Morgan fingerprint density at radius 2 is 0.830 bits per heavy atom. The van der Waals surface area contributed by atoms with Crippen LogP contribution in [0.25, 0.3) is 54.7 Å². The van der Waals surface area contributed by atoms with Crippen molar-refractivity contribution in [3.05, 3.63) is 144 Å². The van der Waals surface area contributed by atoms with Gasteiger partial charge in [0.2, 0.25) is 0 Å². The molecule has 2 nitrogen and oxygen atoms in total. The number of hydrogen-bond donors (Lipinski definition) is 0. The zero-order valence-corrected chi connectivity index (χ0v) is 29.4. The summed E-state index contributed by atoms with van der Waals surface area (Å²) in [6.07, 6.45) is 10.1. The minimum absolute atomic E-state index is 0. The molecule has 47 heavy (non-hydrogen) atoms. The summed E-state index contributed by atoms with van der Waals surface area (Å²) in [6.45, 7) is 0. The zero-order chi connectivity index (χ0) is 29.0. The van der Waals surface area contributed by atoms with Gasteiger partial charge in [-0.05, 0) is 86.0 Å². The van der Waals surface area contributed by atoms with Crippen LogP contribution in [0.5, 0.6) is 0 Å². The minimum Gasteiger partial charge on any atom is -1.00 e. The standard InChI is InChI=1S/2C21H18N.2ClH.Ti/c2*1-2-8-16-14-17(13-15(16)7-1)22-20-11-5-3-9-18(20)19-10-4-6-12-21(19)22;;;/h2*1-3,5,7-9,11,13-14H,4,6,10,12H2;2*1H;/q2*-1;;;+4/p-2. The maximum absolute atomic E-state index is 2.50. The molecule has 0 saturated heterocycles. The number of halogens is 2. The monoisotopic (exact) mass is 686 g/mol. The van der Waals surface area contributed by atoms with Crippen molar-refractivity contribution in [2.45, 2.75) is 51.4 Å². The Bertz CT molecular complexity index is 2080. The van der Waals surface area contributed by atoms with Gasteiger partial charge in [-0.3, -0.25) is 0 Å². The van der Waals surface area contributed by atoms with Gasteiger partial charge in [0.05, 0.1) is 11.0 Å². The predicted octanol–water partition coefficient (Wildman–Crippen LogP) is 4.77. The quantitative estimate of drug-likeness (QED) is 0.183. The van der Waals surface area contributed by atoms with Crippen molar-refractivity contribution in [3.8, 4) is 11.4 Å². The molecule has 0 saturated carbocycles. The normalized spacial score (nSPS) is 13.6. The van der Waals surface area contributed by atoms with Gasteiger partial charge < -0.3 is 33.9 Å². The van der Waals surface area contributed by atoms with Crippen molar-refractivity contribution >= 4 is 43.4 Å². The van der Waals surface area contributed by atoms with Crippen LogP contribution in [0.3, 0.4) is 0 Å². The van der Waals surface area contributed by atoms with Gasteiger partial charge in [-0.2, -0.15) is 0 Å². The molecule has 0 bridgehead atoms. The molecule has 0 radical (unpaired) electrons. The Labute approximate surface area is 303 Å². The van der Waals surface area contributed by atoms with E-state index in [-0.39, 0.29) is 46.5 Å². The van der Waals surface area contributed by atoms with Crippen LogP contribution in [-0.2, 0) is 47.4 Å². The van der Waals surface area contributed by atoms with Crippen molar-refractivity contribution < 1.29 is 46.5 Å². The third-order valence-corrected chi connectivity index (χ3v) is 10.1. The number of rotatable bonds is 2. The number of nitrogens with zero attached hydrogens (tertiary/aromatic N) is 2. The molecule has 2 heterocycles. The van der Waals surface area contributed by atoms with Crippen LogP contribution in [-0.4, -0.2) is 9.13 Å². The summed E-state index contributed by atoms with van der Waals surface area (Å²) in [5.74, 6) is 0. The fourth-order valence-electron chi connectivity index (χ4n) is 8.11. The molecule has 0 atom stereocenters. The average Bonchev–Trinajstić information content (AvgIpc) is 3.85. The van der Waals surface area contributed by atoms with Crippen molar-refractivity contribution in [1.82, 2.24) is 9.13 Å². The third kappa shape index (κ3) is 5.70. The Hall–Kier alpha value is -3.53. The number of benzene rings is 4. The van der Waals surface area contributed by atoms with Gasteiger partial charge in [0.25, 0.3) is 0 Å². The molecule has 0 unspecified atom stereocenters. The van der Waals surface area contributed by atoms with Gasteiger partial charge in [0, 0.05) is 22.2 Å². The fourth-order valence-corrected chi connectivity index (χ4v) is 8.11. The average molecular weight is 688 g/mol. The van der Waals surface area contributed by atoms with Gasteiger partial charge >= 0.3 is 21.7 Å². The van der Waals surface area contributed by atoms with Gasteiger partial charge in [0.1, 0.15) is 0 Å². The number of aromatic nitrogens is 2. The van der Waals surface area contributed by atoms with Crippen LogP contribution >= 0.6 is 0 Å². The van der Waals surface area contributed by atoms with Crippen molar-refractivity contribution in [3.63, 3.8) is 0 Å². The van der Waals surface area contributed by atoms with E-state index in [0.29, 0.717) is 0 Å². The number of para-hydroxylation sites is 2. The van der Waals surface area contributed by atoms with Crippen LogP contribution < -0.4 is 24.8 Å². The smallest absolute Gasteiger partial charge is 1.00 e. The number of hydrogen-bond acceptors (Lipinski definition) is 0. The SMILES string of the molecule is [Cl-].[Cl-].[Ti+4].c1ccc2[cH-]c(-n3c4c(c5ccccc53)CCCC4)cc2c1.c1ccc2[cH-]c(-n3c4c(c5ccccc53)CCCC4)cc2c1. The molecule has 0 N–H and O–H groups in total. The predicted molar refractivity (Wildman–Crippen MR) is 186 cm³/mol. The van der Waals surface area contributed by atoms with Crippen LogP contribution in [0, 0.1) is 0 Å². The fraction of sp³-hybridized carbons (Fsp3) is 0.190. The third-order valence-electron chi connectivity index (χ3n) is 10.1. The van der Waals surface area contributed by atoms with E-state index < -0.39 is 0 Å². The minimum atomic E-state index is 0. The second-order valence-corrected chi connectivity index (χ2v) is 12.7. The molecule has 10 rings (SSSR count). The van der Waals surface area contributed by atoms with Gasteiger partial charge in [0.15, 0.2) is 0 Å². The molecule has 0 aliphatic heterocycles. The largest absolute Gasteiger partial charge is 4.00 e. The topological polar surface area (TPSA) is 9.86 Å². The first kappa shape index (κ1) is 33.4. The zero-order valence-electron chi connectivity index (χ0n) is 26.4. The summed E-state index contributed by atoms with van der Waals surface area (Å²) in [5, 5.41) is 8.23. The second-order valence-electron chi connectivity index (χ2n) is 12.7. The summed E-state index contributed by atoms with van der Waals surface area (Å²) in [6, 6.07) is 44.4. The number of aryl methyl sites for hydroxylation is 2. The van der Waals surface area contributed by atoms with Gasteiger partial charge in [-0.25, -0.2) is 0 Å². The Kier molecular flexibility index (Phi) is 9.88. The van der Waals surface area contributed by atoms with Crippen molar-refractivity contribution in [1.29, 1.82) is 0 Å². The first-order valence-electron chi connectivity index (χ1n) is 16.4. The van der Waals surface area contributed by atoms with E-state index in [0.717, 1.165) is 0 Å². The molecule has 8 aromatic rings. The molecule has 2 aliphatic rings. The van der Waals surface area contributed by atoms with Crippen LogP contribution in [0.15, 0.2) is 121 Å². The van der Waals surface area contributed by atoms with Crippen LogP contribution in [0.1, 0.15) is 48.2 Å². The molecule has 0 fully saturated rings. The molecule has 232 valence electrons. The van der Waals surface area contributed by atoms with Crippen molar-refractivity contribution in [2.24, 2.45) is 0 Å². The van der Waals surface area contributed by atoms with Gasteiger partial charge in [-0.1, -0.05) is 48.5 Å². The Balaban J connectivity index is 0.000000155. The molecule has 0 spiro atoms. The Morgan fingerprint density at radius 1 is 0.447 bits per heavy atom. The second kappa shape index (κ2) is 13.9. The van der Waals surface area contributed by atoms with Crippen molar-refractivity contribution in [2.75, 3.05) is 0 Å². The maximum Gasteiger partial charge on any atom is 4.00 e. The summed E-state index contributed by atoms with van der Waals surface area (Å²) < 4.78 is 5.01. The molecule has 6 aromatic carbocycles. The van der Waals surface area contributed by atoms with E-state index in [1.807, 2.05) is 0 Å². The molecular weight excluding hydrogens is 651 g/mol. The van der Waals surface area contributed by atoms with Crippen LogP contribution in [0.4, 0.5) is 0 Å². The Morgan fingerprint density at radius 3 is 1.28 bits per heavy atom. The maximum atomic E-state index is 2.50. The van der Waals surface area contributed by atoms with E-state index in [1.54, 1.807) is 11.1 Å².